The monoisotopic (exact) mass is 498 g/mol. The van der Waals surface area contributed by atoms with Crippen molar-refractivity contribution in [2.75, 3.05) is 0 Å². The Hall–Kier alpha value is -4.79. The zero-order valence-electron chi connectivity index (χ0n) is 18.2. The number of rotatable bonds is 5. The van der Waals surface area contributed by atoms with Crippen molar-refractivity contribution in [3.8, 4) is 11.5 Å². The molecule has 15 heteroatoms. The number of para-hydroxylation sites is 1. The topological polar surface area (TPSA) is 194 Å². The summed E-state index contributed by atoms with van der Waals surface area (Å²) in [5.41, 5.74) is -1.12. The van der Waals surface area contributed by atoms with Crippen LogP contribution in [0.1, 0.15) is 27.7 Å². The third-order valence-corrected chi connectivity index (χ3v) is 5.32. The van der Waals surface area contributed by atoms with E-state index in [2.05, 4.69) is 20.6 Å². The van der Waals surface area contributed by atoms with Gasteiger partial charge in [-0.05, 0) is 18.1 Å². The van der Waals surface area contributed by atoms with Crippen molar-refractivity contribution in [3.63, 3.8) is 0 Å². The summed E-state index contributed by atoms with van der Waals surface area (Å²) in [6, 6.07) is 3.14. The molecule has 1 aromatic carbocycles. The van der Waals surface area contributed by atoms with E-state index in [-0.39, 0.29) is 17.7 Å². The molecule has 0 aliphatic carbocycles. The van der Waals surface area contributed by atoms with Crippen molar-refractivity contribution in [3.05, 3.63) is 82.0 Å². The Morgan fingerprint density at radius 2 is 2.08 bits per heavy atom. The third kappa shape index (κ3) is 4.85. The average Bonchev–Trinajstić information content (AvgIpc) is 2.83. The van der Waals surface area contributed by atoms with Gasteiger partial charge in [0.15, 0.2) is 11.9 Å². The predicted molar refractivity (Wildman–Crippen MR) is 117 cm³/mol. The Morgan fingerprint density at radius 1 is 1.31 bits per heavy atom. The van der Waals surface area contributed by atoms with Gasteiger partial charge in [-0.1, -0.05) is 12.1 Å². The maximum Gasteiger partial charge on any atom is 0.547 e. The van der Waals surface area contributed by atoms with Gasteiger partial charge in [-0.2, -0.15) is 0 Å². The summed E-state index contributed by atoms with van der Waals surface area (Å²) in [4.78, 5) is 55.5. The second kappa shape index (κ2) is 9.83. The van der Waals surface area contributed by atoms with E-state index in [0.717, 1.165) is 18.6 Å². The van der Waals surface area contributed by atoms with Crippen LogP contribution in [-0.4, -0.2) is 55.8 Å². The first kappa shape index (κ1) is 24.3. The van der Waals surface area contributed by atoms with Crippen LogP contribution in [-0.2, 0) is 11.2 Å². The number of nitrogens with zero attached hydrogens (tertiary/aromatic N) is 2. The second-order valence-electron chi connectivity index (χ2n) is 7.71. The lowest BCUT2D eigenvalue weighted by Gasteiger charge is -2.30. The number of H-pyrrole nitrogens is 1. The molecule has 1 aliphatic rings. The SMILES string of the molecule is O=C(O)c1cccc2c1OB(O)[C@@H](NC(=O)C(NC(=O)n1c[nH+]ccc1=O)c1ncc(O)cc1F)C2. The minimum absolute atomic E-state index is 0.0530. The van der Waals surface area contributed by atoms with Crippen LogP contribution in [0, 0.1) is 5.82 Å². The number of hydrogen-bond donors (Lipinski definition) is 5. The van der Waals surface area contributed by atoms with E-state index in [1.807, 2.05) is 0 Å². The molecule has 0 saturated heterocycles. The van der Waals surface area contributed by atoms with Gasteiger partial charge in [-0.3, -0.25) is 20.1 Å². The number of amides is 2. The van der Waals surface area contributed by atoms with E-state index < -0.39 is 59.8 Å². The number of benzene rings is 1. The molecular formula is C21H18BFN5O8+. The summed E-state index contributed by atoms with van der Waals surface area (Å²) in [5, 5.41) is 33.9. The van der Waals surface area contributed by atoms with Gasteiger partial charge in [0, 0.05) is 6.07 Å². The molecular weight excluding hydrogens is 480 g/mol. The van der Waals surface area contributed by atoms with Crippen molar-refractivity contribution in [1.29, 1.82) is 0 Å². The normalized spacial score (nSPS) is 15.3. The van der Waals surface area contributed by atoms with Crippen molar-refractivity contribution >= 4 is 25.0 Å². The molecule has 6 N–H and O–H groups in total. The van der Waals surface area contributed by atoms with Gasteiger partial charge < -0.3 is 25.2 Å². The molecule has 0 bridgehead atoms. The summed E-state index contributed by atoms with van der Waals surface area (Å²) in [6.07, 6.45) is 3.09. The first-order valence-electron chi connectivity index (χ1n) is 10.4. The van der Waals surface area contributed by atoms with Gasteiger partial charge in [0.2, 0.25) is 5.91 Å². The lowest BCUT2D eigenvalue weighted by Crippen LogP contribution is -2.56. The van der Waals surface area contributed by atoms with Crippen molar-refractivity contribution in [2.24, 2.45) is 0 Å². The smallest absolute Gasteiger partial charge is 0.534 e. The van der Waals surface area contributed by atoms with E-state index in [1.54, 1.807) is 6.07 Å². The predicted octanol–water partition coefficient (Wildman–Crippen LogP) is -0.961. The van der Waals surface area contributed by atoms with E-state index in [4.69, 9.17) is 4.65 Å². The highest BCUT2D eigenvalue weighted by molar-refractivity contribution is 6.47. The zero-order chi connectivity index (χ0) is 26.0. The molecule has 0 saturated carbocycles. The Kier molecular flexibility index (Phi) is 6.65. The van der Waals surface area contributed by atoms with Crippen LogP contribution in [0.2, 0.25) is 0 Å². The van der Waals surface area contributed by atoms with Gasteiger partial charge in [0.25, 0.3) is 6.33 Å². The number of aromatic hydroxyl groups is 1. The number of carbonyl (C=O) groups is 3. The largest absolute Gasteiger partial charge is 0.547 e. The molecule has 1 aliphatic heterocycles. The highest BCUT2D eigenvalue weighted by Crippen LogP contribution is 2.30. The number of carboxylic acids is 1. The summed E-state index contributed by atoms with van der Waals surface area (Å²) in [7, 11) is -1.68. The molecule has 0 fully saturated rings. The molecule has 184 valence electrons. The maximum atomic E-state index is 14.6. The van der Waals surface area contributed by atoms with Gasteiger partial charge in [-0.15, -0.1) is 4.57 Å². The van der Waals surface area contributed by atoms with Gasteiger partial charge in [0.1, 0.15) is 17.2 Å². The standard InChI is InChI=1S/C21H17BFN5O8/c23-13-7-11(29)8-25-16(13)17(27-21(34)28-9-24-5-4-15(28)30)19(31)26-14-6-10-2-1-3-12(20(32)33)18(10)36-22(14)35/h1-5,7-9,14,17,29,35H,6H2,(H,26,31)(H,27,34)(H,32,33)/p+1/t14-,17?/m0/s1. The number of carbonyl (C=O) groups excluding carboxylic acids is 2. The van der Waals surface area contributed by atoms with Crippen LogP contribution in [0.4, 0.5) is 9.18 Å². The number of nitrogens with one attached hydrogen (secondary N) is 3. The molecule has 4 rings (SSSR count). The first-order chi connectivity index (χ1) is 17.2. The number of hydrogen-bond acceptors (Lipinski definition) is 8. The van der Waals surface area contributed by atoms with Crippen molar-refractivity contribution < 1.29 is 43.6 Å². The molecule has 2 atom stereocenters. The molecule has 2 aromatic heterocycles. The average molecular weight is 498 g/mol. The van der Waals surface area contributed by atoms with Gasteiger partial charge in [-0.25, -0.2) is 18.8 Å². The van der Waals surface area contributed by atoms with Gasteiger partial charge in [0.05, 0.1) is 30.0 Å². The lowest BCUT2D eigenvalue weighted by atomic mass is 9.72. The Morgan fingerprint density at radius 3 is 2.78 bits per heavy atom. The van der Waals surface area contributed by atoms with Crippen LogP contribution in [0.5, 0.6) is 11.5 Å². The van der Waals surface area contributed by atoms with Crippen LogP contribution in [0.15, 0.2) is 53.8 Å². The van der Waals surface area contributed by atoms with Crippen LogP contribution in [0.3, 0.4) is 0 Å². The first-order valence-corrected chi connectivity index (χ1v) is 10.4. The summed E-state index contributed by atoms with van der Waals surface area (Å²) >= 11 is 0. The van der Waals surface area contributed by atoms with E-state index >= 15 is 0 Å². The number of pyridine rings is 1. The fourth-order valence-corrected chi connectivity index (χ4v) is 3.62. The van der Waals surface area contributed by atoms with E-state index in [9.17, 15) is 38.8 Å². The number of carboxylic acid groups (broad SMARTS) is 1. The van der Waals surface area contributed by atoms with Crippen LogP contribution < -0.4 is 25.8 Å². The summed E-state index contributed by atoms with van der Waals surface area (Å²) < 4.78 is 20.5. The third-order valence-electron chi connectivity index (χ3n) is 5.32. The number of aromatic amines is 1. The fraction of sp³-hybridized carbons (Fsp3) is 0.143. The molecule has 1 unspecified atom stereocenters. The minimum Gasteiger partial charge on any atom is -0.534 e. The zero-order valence-corrected chi connectivity index (χ0v) is 18.2. The number of aromatic nitrogens is 3. The second-order valence-corrected chi connectivity index (χ2v) is 7.71. The molecule has 13 nitrogen and oxygen atoms in total. The van der Waals surface area contributed by atoms with Crippen molar-refractivity contribution in [2.45, 2.75) is 18.4 Å². The molecule has 3 aromatic rings. The van der Waals surface area contributed by atoms with E-state index in [1.165, 1.54) is 18.3 Å². The van der Waals surface area contributed by atoms with Crippen LogP contribution in [0.25, 0.3) is 0 Å². The Bertz CT molecular complexity index is 1420. The molecule has 36 heavy (non-hydrogen) atoms. The highest BCUT2D eigenvalue weighted by atomic mass is 19.1. The Labute approximate surface area is 201 Å². The minimum atomic E-state index is -1.80. The van der Waals surface area contributed by atoms with E-state index in [0.29, 0.717) is 16.2 Å². The quantitative estimate of drug-likeness (QED) is 0.275. The molecule has 2 amide bonds. The number of aromatic carboxylic acids is 1. The molecule has 0 radical (unpaired) electrons. The molecule has 3 heterocycles. The summed E-state index contributed by atoms with van der Waals surface area (Å²) in [6.45, 7) is 0. The van der Waals surface area contributed by atoms with Crippen molar-refractivity contribution in [1.82, 2.24) is 20.2 Å². The van der Waals surface area contributed by atoms with Gasteiger partial charge >= 0.3 is 24.7 Å². The molecule has 0 spiro atoms. The van der Waals surface area contributed by atoms with Crippen LogP contribution >= 0.6 is 0 Å². The highest BCUT2D eigenvalue weighted by Gasteiger charge is 2.40. The summed E-state index contributed by atoms with van der Waals surface area (Å²) in [5.74, 6) is -5.14. The maximum absolute atomic E-state index is 14.6. The number of fused-ring (bicyclic) bond motifs is 1. The lowest BCUT2D eigenvalue weighted by molar-refractivity contribution is -0.384. The fourth-order valence-electron chi connectivity index (χ4n) is 3.62. The number of halogens is 1. The Balaban J connectivity index is 1.62.